The molecule has 1 aromatic carbocycles. The normalized spacial score (nSPS) is 12.0. The van der Waals surface area contributed by atoms with Gasteiger partial charge >= 0.3 is 0 Å². The van der Waals surface area contributed by atoms with Crippen molar-refractivity contribution < 1.29 is 23.0 Å². The van der Waals surface area contributed by atoms with Crippen LogP contribution in [0.4, 0.5) is 19.0 Å². The van der Waals surface area contributed by atoms with Gasteiger partial charge in [0.1, 0.15) is 30.1 Å². The predicted octanol–water partition coefficient (Wildman–Crippen LogP) is 2.35. The lowest BCUT2D eigenvalue weighted by Crippen LogP contribution is -2.26. The quantitative estimate of drug-likeness (QED) is 0.859. The van der Waals surface area contributed by atoms with E-state index in [1.807, 2.05) is 0 Å². The third-order valence-electron chi connectivity index (χ3n) is 2.58. The second kappa shape index (κ2) is 6.94. The lowest BCUT2D eigenvalue weighted by Gasteiger charge is -2.13. The van der Waals surface area contributed by atoms with Gasteiger partial charge in [-0.25, -0.2) is 18.2 Å². The molecule has 0 bridgehead atoms. The van der Waals surface area contributed by atoms with Crippen molar-refractivity contribution >= 4 is 5.82 Å². The van der Waals surface area contributed by atoms with Crippen molar-refractivity contribution in [1.82, 2.24) is 4.98 Å². The number of aliphatic hydroxyl groups is 1. The van der Waals surface area contributed by atoms with Crippen LogP contribution in [0.5, 0.6) is 5.75 Å². The van der Waals surface area contributed by atoms with Crippen LogP contribution >= 0.6 is 0 Å². The second-order valence-corrected chi connectivity index (χ2v) is 4.28. The Morgan fingerprint density at radius 2 is 1.95 bits per heavy atom. The molecule has 1 heterocycles. The highest BCUT2D eigenvalue weighted by Crippen LogP contribution is 2.15. The summed E-state index contributed by atoms with van der Waals surface area (Å²) in [6.07, 6.45) is 0.150. The van der Waals surface area contributed by atoms with Gasteiger partial charge in [-0.05, 0) is 24.3 Å². The summed E-state index contributed by atoms with van der Waals surface area (Å²) in [5, 5.41) is 12.5. The van der Waals surface area contributed by atoms with Gasteiger partial charge in [0.05, 0.1) is 6.20 Å². The zero-order chi connectivity index (χ0) is 15.2. The van der Waals surface area contributed by atoms with E-state index in [9.17, 15) is 18.3 Å². The number of rotatable bonds is 6. The van der Waals surface area contributed by atoms with Gasteiger partial charge in [-0.15, -0.1) is 0 Å². The summed E-state index contributed by atoms with van der Waals surface area (Å²) in [6, 6.07) is 5.77. The van der Waals surface area contributed by atoms with Gasteiger partial charge in [0.15, 0.2) is 11.6 Å². The van der Waals surface area contributed by atoms with E-state index in [0.29, 0.717) is 5.82 Å². The van der Waals surface area contributed by atoms with E-state index in [0.717, 1.165) is 18.3 Å². The van der Waals surface area contributed by atoms with E-state index in [1.165, 1.54) is 18.2 Å². The first-order valence-electron chi connectivity index (χ1n) is 6.16. The van der Waals surface area contributed by atoms with Gasteiger partial charge in [0.25, 0.3) is 0 Å². The van der Waals surface area contributed by atoms with Crippen molar-refractivity contribution in [3.05, 3.63) is 54.0 Å². The molecule has 2 aromatic rings. The van der Waals surface area contributed by atoms with Crippen molar-refractivity contribution in [3.8, 4) is 5.75 Å². The van der Waals surface area contributed by atoms with Gasteiger partial charge < -0.3 is 15.2 Å². The molecule has 1 atom stereocenters. The summed E-state index contributed by atoms with van der Waals surface area (Å²) in [6.45, 7) is 0.00156. The lowest BCUT2D eigenvalue weighted by molar-refractivity contribution is 0.117. The minimum Gasteiger partial charge on any atom is -0.491 e. The average Bonchev–Trinajstić information content (AvgIpc) is 2.48. The van der Waals surface area contributed by atoms with Crippen molar-refractivity contribution in [2.45, 2.75) is 6.10 Å². The first kappa shape index (κ1) is 15.1. The number of benzene rings is 1. The summed E-state index contributed by atoms with van der Waals surface area (Å²) < 4.78 is 43.4. The lowest BCUT2D eigenvalue weighted by atomic mass is 10.3. The Morgan fingerprint density at radius 3 is 2.62 bits per heavy atom. The van der Waals surface area contributed by atoms with E-state index in [-0.39, 0.29) is 18.9 Å². The van der Waals surface area contributed by atoms with Crippen molar-refractivity contribution in [2.75, 3.05) is 18.5 Å². The van der Waals surface area contributed by atoms with E-state index in [4.69, 9.17) is 4.74 Å². The van der Waals surface area contributed by atoms with Crippen LogP contribution in [0, 0.1) is 17.5 Å². The molecule has 1 unspecified atom stereocenters. The van der Waals surface area contributed by atoms with E-state index >= 15 is 0 Å². The third kappa shape index (κ3) is 4.64. The maximum atomic E-state index is 12.9. The number of hydrogen-bond donors (Lipinski definition) is 2. The monoisotopic (exact) mass is 298 g/mol. The molecule has 2 N–H and O–H groups in total. The maximum absolute atomic E-state index is 12.9. The number of nitrogens with one attached hydrogen (secondary N) is 1. The molecule has 0 aliphatic carbocycles. The fourth-order valence-corrected chi connectivity index (χ4v) is 1.52. The predicted molar refractivity (Wildman–Crippen MR) is 70.5 cm³/mol. The highest BCUT2D eigenvalue weighted by Gasteiger charge is 2.08. The standard InChI is InChI=1S/C14H13F3N2O2/c15-9-1-4-14(18-6-9)19-7-10(20)8-21-11-2-3-12(16)13(17)5-11/h1-6,10,20H,7-8H2,(H,18,19). The van der Waals surface area contributed by atoms with Crippen molar-refractivity contribution in [1.29, 1.82) is 0 Å². The van der Waals surface area contributed by atoms with Gasteiger partial charge in [-0.2, -0.15) is 0 Å². The molecule has 21 heavy (non-hydrogen) atoms. The third-order valence-corrected chi connectivity index (χ3v) is 2.58. The zero-order valence-electron chi connectivity index (χ0n) is 10.9. The summed E-state index contributed by atoms with van der Waals surface area (Å²) in [5.41, 5.74) is 0. The molecule has 0 saturated heterocycles. The maximum Gasteiger partial charge on any atom is 0.162 e. The SMILES string of the molecule is OC(CNc1ccc(F)cn1)COc1ccc(F)c(F)c1. The highest BCUT2D eigenvalue weighted by molar-refractivity contribution is 5.33. The van der Waals surface area contributed by atoms with Crippen LogP contribution in [0.1, 0.15) is 0 Å². The molecule has 0 spiro atoms. The van der Waals surface area contributed by atoms with Crippen molar-refractivity contribution in [3.63, 3.8) is 0 Å². The molecule has 0 amide bonds. The fourth-order valence-electron chi connectivity index (χ4n) is 1.52. The van der Waals surface area contributed by atoms with Gasteiger partial charge in [-0.3, -0.25) is 0 Å². The van der Waals surface area contributed by atoms with Crippen LogP contribution in [0.3, 0.4) is 0 Å². The average molecular weight is 298 g/mol. The zero-order valence-corrected chi connectivity index (χ0v) is 10.9. The topological polar surface area (TPSA) is 54.4 Å². The first-order valence-corrected chi connectivity index (χ1v) is 6.16. The van der Waals surface area contributed by atoms with Crippen LogP contribution < -0.4 is 10.1 Å². The molecular formula is C14H13F3N2O2. The number of aromatic nitrogens is 1. The number of nitrogens with zero attached hydrogens (tertiary/aromatic N) is 1. The van der Waals surface area contributed by atoms with E-state index < -0.39 is 23.6 Å². The van der Waals surface area contributed by atoms with Gasteiger partial charge in [-0.1, -0.05) is 0 Å². The van der Waals surface area contributed by atoms with Gasteiger partial charge in [0, 0.05) is 12.6 Å². The molecule has 0 saturated carbocycles. The number of aliphatic hydroxyl groups excluding tert-OH is 1. The minimum atomic E-state index is -1.02. The summed E-state index contributed by atoms with van der Waals surface area (Å²) in [5.74, 6) is -1.92. The Kier molecular flexibility index (Phi) is 4.99. The fraction of sp³-hybridized carbons (Fsp3) is 0.214. The molecule has 2 rings (SSSR count). The van der Waals surface area contributed by atoms with Gasteiger partial charge in [0.2, 0.25) is 0 Å². The second-order valence-electron chi connectivity index (χ2n) is 4.28. The smallest absolute Gasteiger partial charge is 0.162 e. The van der Waals surface area contributed by atoms with E-state index in [2.05, 4.69) is 10.3 Å². The molecule has 0 fully saturated rings. The molecule has 112 valence electrons. The molecular weight excluding hydrogens is 285 g/mol. The number of anilines is 1. The van der Waals surface area contributed by atoms with Crippen molar-refractivity contribution in [2.24, 2.45) is 0 Å². The Labute approximate surface area is 119 Å². The molecule has 0 aliphatic heterocycles. The first-order chi connectivity index (χ1) is 10.0. The van der Waals surface area contributed by atoms with Crippen LogP contribution in [-0.2, 0) is 0 Å². The number of pyridine rings is 1. The van der Waals surface area contributed by atoms with Crippen LogP contribution in [0.15, 0.2) is 36.5 Å². The van der Waals surface area contributed by atoms with Crippen LogP contribution in [-0.4, -0.2) is 29.3 Å². The summed E-state index contributed by atoms with van der Waals surface area (Å²) in [4.78, 5) is 3.76. The Bertz CT molecular complexity index is 593. The van der Waals surface area contributed by atoms with Crippen LogP contribution in [0.2, 0.25) is 0 Å². The Balaban J connectivity index is 1.77. The highest BCUT2D eigenvalue weighted by atomic mass is 19.2. The van der Waals surface area contributed by atoms with E-state index in [1.54, 1.807) is 0 Å². The molecule has 0 radical (unpaired) electrons. The molecule has 4 nitrogen and oxygen atoms in total. The summed E-state index contributed by atoms with van der Waals surface area (Å²) in [7, 11) is 0. The number of halogens is 3. The largest absolute Gasteiger partial charge is 0.491 e. The number of ether oxygens (including phenoxy) is 1. The van der Waals surface area contributed by atoms with Crippen LogP contribution in [0.25, 0.3) is 0 Å². The number of hydrogen-bond acceptors (Lipinski definition) is 4. The minimum absolute atomic E-state index is 0.112. The Hall–Kier alpha value is -2.28. The molecule has 1 aromatic heterocycles. The molecule has 0 aliphatic rings. The Morgan fingerprint density at radius 1 is 1.14 bits per heavy atom. The molecule has 7 heteroatoms. The summed E-state index contributed by atoms with van der Waals surface area (Å²) >= 11 is 0.